The molecule has 90 valence electrons. The first kappa shape index (κ1) is 13.2. The number of nitriles is 1. The van der Waals surface area contributed by atoms with Gasteiger partial charge in [0.05, 0.1) is 24.5 Å². The summed E-state index contributed by atoms with van der Waals surface area (Å²) in [6.07, 6.45) is 2.61. The molecule has 0 unspecified atom stereocenters. The molecule has 0 aliphatic rings. The highest BCUT2D eigenvalue weighted by molar-refractivity contribution is 5.57. The molecule has 0 spiro atoms. The summed E-state index contributed by atoms with van der Waals surface area (Å²) in [6.45, 7) is 5.35. The highest BCUT2D eigenvalue weighted by atomic mass is 19.1. The van der Waals surface area contributed by atoms with Crippen LogP contribution in [-0.2, 0) is 4.74 Å². The largest absolute Gasteiger partial charge is 0.382 e. The molecule has 0 saturated heterocycles. The van der Waals surface area contributed by atoms with Gasteiger partial charge in [-0.15, -0.1) is 6.58 Å². The maximum Gasteiger partial charge on any atom is 0.124 e. The maximum atomic E-state index is 12.8. The molecule has 0 heterocycles. The Morgan fingerprint density at radius 2 is 2.29 bits per heavy atom. The number of halogens is 1. The minimum absolute atomic E-state index is 0.302. The molecule has 0 bridgehead atoms. The fraction of sp³-hybridized carbons (Fsp3) is 0.308. The van der Waals surface area contributed by atoms with E-state index in [1.165, 1.54) is 12.1 Å². The molecule has 0 aliphatic heterocycles. The number of ether oxygens (including phenoxy) is 1. The maximum absolute atomic E-state index is 12.8. The van der Waals surface area contributed by atoms with Crippen LogP contribution in [0.3, 0.4) is 0 Å². The van der Waals surface area contributed by atoms with E-state index < -0.39 is 5.82 Å². The lowest BCUT2D eigenvalue weighted by Gasteiger charge is -2.08. The third-order valence-corrected chi connectivity index (χ3v) is 2.13. The lowest BCUT2D eigenvalue weighted by molar-refractivity contribution is 0.149. The van der Waals surface area contributed by atoms with Gasteiger partial charge in [0.1, 0.15) is 11.9 Å². The van der Waals surface area contributed by atoms with Gasteiger partial charge in [-0.05, 0) is 24.6 Å². The van der Waals surface area contributed by atoms with E-state index in [0.717, 1.165) is 6.42 Å². The Morgan fingerprint density at radius 3 is 3.00 bits per heavy atom. The molecule has 0 aromatic heterocycles. The van der Waals surface area contributed by atoms with E-state index in [1.54, 1.807) is 12.1 Å². The van der Waals surface area contributed by atoms with Crippen molar-refractivity contribution in [1.29, 1.82) is 5.26 Å². The number of benzene rings is 1. The molecule has 4 heteroatoms. The molecule has 0 aliphatic carbocycles. The Morgan fingerprint density at radius 1 is 1.47 bits per heavy atom. The predicted molar refractivity (Wildman–Crippen MR) is 65.2 cm³/mol. The number of anilines is 1. The molecule has 1 aromatic rings. The summed E-state index contributed by atoms with van der Waals surface area (Å²) in [4.78, 5) is 0. The van der Waals surface area contributed by atoms with Crippen LogP contribution in [0.25, 0.3) is 0 Å². The summed E-state index contributed by atoms with van der Waals surface area (Å²) in [6, 6.07) is 6.02. The predicted octanol–water partition coefficient (Wildman–Crippen LogP) is 2.70. The number of hydrogen-bond donors (Lipinski definition) is 1. The molecule has 0 atom stereocenters. The van der Waals surface area contributed by atoms with Crippen LogP contribution >= 0.6 is 0 Å². The van der Waals surface area contributed by atoms with Gasteiger partial charge >= 0.3 is 0 Å². The third-order valence-electron chi connectivity index (χ3n) is 2.13. The van der Waals surface area contributed by atoms with E-state index in [-0.39, 0.29) is 0 Å². The van der Waals surface area contributed by atoms with Crippen molar-refractivity contribution in [1.82, 2.24) is 0 Å². The Labute approximate surface area is 101 Å². The van der Waals surface area contributed by atoms with Gasteiger partial charge in [-0.25, -0.2) is 4.39 Å². The first-order chi connectivity index (χ1) is 8.27. The van der Waals surface area contributed by atoms with Crippen molar-refractivity contribution in [2.75, 3.05) is 25.1 Å². The lowest BCUT2D eigenvalue weighted by atomic mass is 10.2. The van der Waals surface area contributed by atoms with Crippen LogP contribution in [0.15, 0.2) is 30.9 Å². The van der Waals surface area contributed by atoms with Crippen molar-refractivity contribution in [3.63, 3.8) is 0 Å². The van der Waals surface area contributed by atoms with Gasteiger partial charge in [0.2, 0.25) is 0 Å². The topological polar surface area (TPSA) is 45.0 Å². The van der Waals surface area contributed by atoms with Crippen LogP contribution in [0.5, 0.6) is 0 Å². The minimum atomic E-state index is -0.408. The van der Waals surface area contributed by atoms with Gasteiger partial charge in [0.15, 0.2) is 0 Å². The van der Waals surface area contributed by atoms with Crippen molar-refractivity contribution in [2.24, 2.45) is 0 Å². The molecule has 0 fully saturated rings. The van der Waals surface area contributed by atoms with Crippen LogP contribution in [0.2, 0.25) is 0 Å². The molecular formula is C13H15FN2O. The number of nitrogens with zero attached hydrogens (tertiary/aromatic N) is 1. The van der Waals surface area contributed by atoms with Crippen LogP contribution in [0.4, 0.5) is 10.1 Å². The minimum Gasteiger partial charge on any atom is -0.382 e. The van der Waals surface area contributed by atoms with Crippen LogP contribution in [0, 0.1) is 17.1 Å². The summed E-state index contributed by atoms with van der Waals surface area (Å²) in [7, 11) is 0. The van der Waals surface area contributed by atoms with E-state index in [0.29, 0.717) is 31.0 Å². The molecule has 1 rings (SSSR count). The van der Waals surface area contributed by atoms with Gasteiger partial charge < -0.3 is 10.1 Å². The van der Waals surface area contributed by atoms with Crippen molar-refractivity contribution in [3.05, 3.63) is 42.2 Å². The Kier molecular flexibility index (Phi) is 5.76. The average molecular weight is 234 g/mol. The zero-order valence-corrected chi connectivity index (χ0v) is 9.58. The summed E-state index contributed by atoms with van der Waals surface area (Å²) in [5.74, 6) is -0.408. The second kappa shape index (κ2) is 7.42. The van der Waals surface area contributed by atoms with E-state index in [1.807, 2.05) is 6.07 Å². The normalized spacial score (nSPS) is 9.65. The smallest absolute Gasteiger partial charge is 0.124 e. The average Bonchev–Trinajstić information content (AvgIpc) is 2.35. The molecular weight excluding hydrogens is 219 g/mol. The van der Waals surface area contributed by atoms with Crippen molar-refractivity contribution in [2.45, 2.75) is 6.42 Å². The molecule has 0 amide bonds. The molecule has 1 N–H and O–H groups in total. The summed E-state index contributed by atoms with van der Waals surface area (Å²) in [5, 5.41) is 11.8. The van der Waals surface area contributed by atoms with Gasteiger partial charge in [-0.3, -0.25) is 0 Å². The highest BCUT2D eigenvalue weighted by Crippen LogP contribution is 2.15. The van der Waals surface area contributed by atoms with Gasteiger partial charge in [-0.2, -0.15) is 5.26 Å². The van der Waals surface area contributed by atoms with Gasteiger partial charge in [0, 0.05) is 6.54 Å². The van der Waals surface area contributed by atoms with Crippen LogP contribution in [-0.4, -0.2) is 19.8 Å². The van der Waals surface area contributed by atoms with E-state index in [2.05, 4.69) is 11.9 Å². The van der Waals surface area contributed by atoms with Crippen molar-refractivity contribution in [3.8, 4) is 6.07 Å². The summed E-state index contributed by atoms with van der Waals surface area (Å²) < 4.78 is 18.2. The van der Waals surface area contributed by atoms with Crippen molar-refractivity contribution >= 4 is 5.69 Å². The zero-order chi connectivity index (χ0) is 12.5. The molecule has 17 heavy (non-hydrogen) atoms. The second-order valence-electron chi connectivity index (χ2n) is 3.42. The van der Waals surface area contributed by atoms with E-state index in [9.17, 15) is 4.39 Å². The molecule has 1 aromatic carbocycles. The fourth-order valence-electron chi connectivity index (χ4n) is 1.29. The zero-order valence-electron chi connectivity index (χ0n) is 9.58. The van der Waals surface area contributed by atoms with E-state index >= 15 is 0 Å². The van der Waals surface area contributed by atoms with Crippen LogP contribution < -0.4 is 5.32 Å². The number of nitrogens with one attached hydrogen (secondary N) is 1. The SMILES string of the molecule is C=CCCOCCNc1ccc(F)cc1C#N. The number of hydrogen-bond acceptors (Lipinski definition) is 3. The molecule has 0 radical (unpaired) electrons. The van der Waals surface area contributed by atoms with Crippen molar-refractivity contribution < 1.29 is 9.13 Å². The lowest BCUT2D eigenvalue weighted by Crippen LogP contribution is -2.10. The number of rotatable bonds is 7. The first-order valence-electron chi connectivity index (χ1n) is 5.40. The fourth-order valence-corrected chi connectivity index (χ4v) is 1.29. The quantitative estimate of drug-likeness (QED) is 0.582. The highest BCUT2D eigenvalue weighted by Gasteiger charge is 2.02. The van der Waals surface area contributed by atoms with Gasteiger partial charge in [-0.1, -0.05) is 6.08 Å². The van der Waals surface area contributed by atoms with Gasteiger partial charge in [0.25, 0.3) is 0 Å². The summed E-state index contributed by atoms with van der Waals surface area (Å²) >= 11 is 0. The second-order valence-corrected chi connectivity index (χ2v) is 3.42. The van der Waals surface area contributed by atoms with E-state index in [4.69, 9.17) is 10.00 Å². The van der Waals surface area contributed by atoms with Crippen LogP contribution in [0.1, 0.15) is 12.0 Å². The molecule has 3 nitrogen and oxygen atoms in total. The third kappa shape index (κ3) is 4.66. The Hall–Kier alpha value is -1.86. The Bertz CT molecular complexity index is 412. The summed E-state index contributed by atoms with van der Waals surface area (Å²) in [5.41, 5.74) is 0.928. The standard InChI is InChI=1S/C13H15FN2O/c1-2-3-7-17-8-6-16-13-5-4-12(14)9-11(13)10-15/h2,4-5,9,16H,1,3,6-8H2. The molecule has 0 saturated carbocycles. The monoisotopic (exact) mass is 234 g/mol. The first-order valence-corrected chi connectivity index (χ1v) is 5.40. The Balaban J connectivity index is 2.36.